The Labute approximate surface area is 87.4 Å². The molecule has 1 aromatic heterocycles. The fourth-order valence-corrected chi connectivity index (χ4v) is 2.25. The van der Waals surface area contributed by atoms with Crippen LogP contribution in [0.5, 0.6) is 0 Å². The Bertz CT molecular complexity index is 338. The van der Waals surface area contributed by atoms with E-state index in [0.717, 1.165) is 18.8 Å². The third-order valence-corrected chi connectivity index (χ3v) is 6.47. The van der Waals surface area contributed by atoms with Crippen LogP contribution >= 0.6 is 5.35 Å². The van der Waals surface area contributed by atoms with Crippen LogP contribution in [0.2, 0.25) is 0 Å². The van der Waals surface area contributed by atoms with E-state index in [2.05, 4.69) is 10.3 Å². The number of hydrogen-bond donors (Lipinski definition) is 1. The zero-order valence-electron chi connectivity index (χ0n) is 7.71. The summed E-state index contributed by atoms with van der Waals surface area (Å²) in [5, 5.41) is 5.38. The van der Waals surface area contributed by atoms with E-state index in [-0.39, 0.29) is 6.04 Å². The summed E-state index contributed by atoms with van der Waals surface area (Å²) in [4.78, 5) is 9.80. The molecule has 1 N–H and O–H groups in total. The van der Waals surface area contributed by atoms with Crippen LogP contribution in [0, 0.1) is 0 Å². The van der Waals surface area contributed by atoms with Crippen molar-refractivity contribution in [2.45, 2.75) is 19.9 Å². The SMILES string of the molecule is CO[P@@](O)(=[W])c1cn(C(C)C)nn1. The molecule has 1 heterocycles. The molecule has 13 heavy (non-hydrogen) atoms. The maximum atomic E-state index is 9.80. The number of hydrogen-bond acceptors (Lipinski definition) is 4. The van der Waals surface area contributed by atoms with Crippen molar-refractivity contribution in [3.63, 3.8) is 0 Å². The molecule has 1 atom stereocenters. The Balaban J connectivity index is 2.99. The van der Waals surface area contributed by atoms with Crippen molar-refractivity contribution < 1.29 is 28.2 Å². The predicted molar refractivity (Wildman–Crippen MR) is 46.2 cm³/mol. The number of aromatic nitrogens is 3. The standard InChI is InChI=1S/C6H12N3O2P.W/c1-5(2)9-4-6(7-8-9)12(10)11-3;/h4-5,10H,1-3H3;/t12-;/m0./s1. The molecule has 0 bridgehead atoms. The molecule has 0 radical (unpaired) electrons. The summed E-state index contributed by atoms with van der Waals surface area (Å²) in [7, 11) is 1.50. The van der Waals surface area contributed by atoms with Gasteiger partial charge in [-0.05, 0) is 0 Å². The Morgan fingerprint density at radius 1 is 1.69 bits per heavy atom. The van der Waals surface area contributed by atoms with Gasteiger partial charge in [0.15, 0.2) is 0 Å². The molecule has 0 spiro atoms. The van der Waals surface area contributed by atoms with E-state index in [4.69, 9.17) is 4.52 Å². The summed E-state index contributed by atoms with van der Waals surface area (Å²) in [6.07, 6.45) is 1.74. The summed E-state index contributed by atoms with van der Waals surface area (Å²) in [5.41, 5.74) is 0.568. The first-order valence-electron chi connectivity index (χ1n) is 3.78. The summed E-state index contributed by atoms with van der Waals surface area (Å²) >= 11 is 1.00. The molecule has 0 fully saturated rings. The van der Waals surface area contributed by atoms with E-state index in [1.165, 1.54) is 7.11 Å². The van der Waals surface area contributed by atoms with Crippen LogP contribution in [-0.4, -0.2) is 27.0 Å². The topological polar surface area (TPSA) is 60.2 Å². The maximum absolute atomic E-state index is 9.80. The Kier molecular flexibility index (Phi) is 3.58. The molecule has 0 aliphatic carbocycles. The van der Waals surface area contributed by atoms with Gasteiger partial charge >= 0.3 is 87.2 Å². The fourth-order valence-electron chi connectivity index (χ4n) is 0.743. The summed E-state index contributed by atoms with van der Waals surface area (Å²) in [6, 6.07) is 0.258. The first-order chi connectivity index (χ1) is 5.97. The second-order valence-corrected chi connectivity index (χ2v) is 10.1. The van der Waals surface area contributed by atoms with Gasteiger partial charge in [-0.25, -0.2) is 0 Å². The zero-order valence-corrected chi connectivity index (χ0v) is 11.5. The van der Waals surface area contributed by atoms with E-state index in [1.54, 1.807) is 10.9 Å². The fraction of sp³-hybridized carbons (Fsp3) is 0.667. The number of rotatable bonds is 3. The molecule has 5 nitrogen and oxygen atoms in total. The van der Waals surface area contributed by atoms with Crippen LogP contribution in [0.25, 0.3) is 0 Å². The van der Waals surface area contributed by atoms with Crippen molar-refractivity contribution in [2.24, 2.45) is 0 Å². The average Bonchev–Trinajstić information content (AvgIpc) is 2.52. The van der Waals surface area contributed by atoms with Gasteiger partial charge in [-0.15, -0.1) is 0 Å². The Morgan fingerprint density at radius 2 is 2.31 bits per heavy atom. The van der Waals surface area contributed by atoms with Gasteiger partial charge in [0.2, 0.25) is 0 Å². The molecule has 7 heteroatoms. The van der Waals surface area contributed by atoms with Gasteiger partial charge in [-0.2, -0.15) is 0 Å². The van der Waals surface area contributed by atoms with Crippen LogP contribution in [0.15, 0.2) is 6.20 Å². The zero-order chi connectivity index (χ0) is 10.1. The van der Waals surface area contributed by atoms with Gasteiger partial charge in [0, 0.05) is 0 Å². The van der Waals surface area contributed by atoms with Gasteiger partial charge in [0.1, 0.15) is 0 Å². The number of nitrogens with zero attached hydrogens (tertiary/aromatic N) is 3. The third kappa shape index (κ3) is 2.56. The molecule has 0 unspecified atom stereocenters. The molecule has 0 aliphatic rings. The van der Waals surface area contributed by atoms with E-state index in [9.17, 15) is 4.89 Å². The summed E-state index contributed by atoms with van der Waals surface area (Å²) in [5.74, 6) is 0. The van der Waals surface area contributed by atoms with E-state index in [0.29, 0.717) is 5.44 Å². The molecular weight excluding hydrogens is 361 g/mol. The monoisotopic (exact) mass is 373 g/mol. The van der Waals surface area contributed by atoms with Gasteiger partial charge in [0.25, 0.3) is 0 Å². The average molecular weight is 373 g/mol. The van der Waals surface area contributed by atoms with E-state index in [1.807, 2.05) is 13.8 Å². The van der Waals surface area contributed by atoms with Crippen molar-refractivity contribution in [3.8, 4) is 0 Å². The van der Waals surface area contributed by atoms with Gasteiger partial charge in [-0.1, -0.05) is 0 Å². The summed E-state index contributed by atoms with van der Waals surface area (Å²) < 4.78 is 6.72. The molecule has 0 amide bonds. The van der Waals surface area contributed by atoms with E-state index < -0.39 is 5.35 Å². The van der Waals surface area contributed by atoms with Crippen LogP contribution in [0.4, 0.5) is 0 Å². The molecule has 1 aromatic rings. The molecule has 0 aliphatic heterocycles. The molecule has 0 aromatic carbocycles. The second kappa shape index (κ2) is 4.14. The van der Waals surface area contributed by atoms with Gasteiger partial charge in [-0.3, -0.25) is 0 Å². The molecule has 0 saturated carbocycles. The van der Waals surface area contributed by atoms with Crippen molar-refractivity contribution >= 4 is 10.8 Å². The van der Waals surface area contributed by atoms with Crippen molar-refractivity contribution in [1.82, 2.24) is 15.0 Å². The Hall–Kier alpha value is 0.178. The summed E-state index contributed by atoms with van der Waals surface area (Å²) in [6.45, 7) is 4.01. The minimum absolute atomic E-state index is 0.258. The first kappa shape index (κ1) is 11.3. The van der Waals surface area contributed by atoms with Crippen LogP contribution in [0.1, 0.15) is 19.9 Å². The van der Waals surface area contributed by atoms with Crippen LogP contribution < -0.4 is 5.44 Å². The van der Waals surface area contributed by atoms with E-state index >= 15 is 0 Å². The minimum atomic E-state index is -2.41. The Morgan fingerprint density at radius 3 is 2.69 bits per heavy atom. The second-order valence-electron chi connectivity index (χ2n) is 2.85. The first-order valence-corrected chi connectivity index (χ1v) is 9.29. The normalized spacial score (nSPS) is 16.1. The molecule has 1 rings (SSSR count). The van der Waals surface area contributed by atoms with Crippen LogP contribution in [-0.2, 0) is 23.3 Å². The molecule has 0 saturated heterocycles. The van der Waals surface area contributed by atoms with Gasteiger partial charge in [0.05, 0.1) is 0 Å². The van der Waals surface area contributed by atoms with Crippen molar-refractivity contribution in [3.05, 3.63) is 6.20 Å². The van der Waals surface area contributed by atoms with Crippen molar-refractivity contribution in [1.29, 1.82) is 0 Å². The van der Waals surface area contributed by atoms with Gasteiger partial charge < -0.3 is 0 Å². The predicted octanol–water partition coefficient (Wildman–Crippen LogP) is 0.432. The molecule has 74 valence electrons. The van der Waals surface area contributed by atoms with Crippen molar-refractivity contribution in [2.75, 3.05) is 7.11 Å². The molecular formula is C6H12N3O2PW. The quantitative estimate of drug-likeness (QED) is 0.782. The van der Waals surface area contributed by atoms with Crippen LogP contribution in [0.3, 0.4) is 0 Å². The third-order valence-electron chi connectivity index (χ3n) is 1.56.